The Morgan fingerprint density at radius 2 is 2.00 bits per heavy atom. The zero-order chi connectivity index (χ0) is 10.0. The Balaban J connectivity index is 3.09. The van der Waals surface area contributed by atoms with Gasteiger partial charge in [0.25, 0.3) is 0 Å². The first-order chi connectivity index (χ1) is 6.02. The summed E-state index contributed by atoms with van der Waals surface area (Å²) in [7, 11) is 0. The van der Waals surface area contributed by atoms with Crippen LogP contribution in [-0.4, -0.2) is 9.52 Å². The van der Waals surface area contributed by atoms with E-state index in [2.05, 4.69) is 47.8 Å². The molecule has 13 heavy (non-hydrogen) atoms. The van der Waals surface area contributed by atoms with Crippen molar-refractivity contribution in [1.29, 1.82) is 0 Å². The van der Waals surface area contributed by atoms with E-state index in [1.54, 1.807) is 18.2 Å². The molecule has 0 aliphatic carbocycles. The van der Waals surface area contributed by atoms with E-state index in [4.69, 9.17) is 11.6 Å². The first-order valence-corrected chi connectivity index (χ1v) is 6.30. The largest absolute Gasteiger partial charge is 0.292 e. The predicted molar refractivity (Wildman–Crippen MR) is 65.1 cm³/mol. The quantitative estimate of drug-likeness (QED) is 0.540. The number of carbonyl (C=O) groups excluding carboxylic acids is 1. The maximum atomic E-state index is 11.5. The summed E-state index contributed by atoms with van der Waals surface area (Å²) in [6, 6.07) is 5.06. The van der Waals surface area contributed by atoms with Crippen LogP contribution in [0.2, 0.25) is 5.02 Å². The topological polar surface area (TPSA) is 17.1 Å². The molecule has 0 aliphatic heterocycles. The van der Waals surface area contributed by atoms with Crippen LogP contribution < -0.4 is 0 Å². The van der Waals surface area contributed by atoms with Crippen LogP contribution in [0.15, 0.2) is 22.7 Å². The number of Topliss-reactive ketones (excluding diaryl/α,β-unsaturated/α-hetero) is 1. The van der Waals surface area contributed by atoms with E-state index in [1.165, 1.54) is 0 Å². The summed E-state index contributed by atoms with van der Waals surface area (Å²) in [5, 5.41) is 0.601. The highest BCUT2D eigenvalue weighted by Gasteiger charge is 2.16. The number of alkyl halides is 2. The highest BCUT2D eigenvalue weighted by Crippen LogP contribution is 2.25. The summed E-state index contributed by atoms with van der Waals surface area (Å²) < 4.78 is 0.339. The highest BCUT2D eigenvalue weighted by atomic mass is 79.9. The second-order valence-corrected chi connectivity index (χ2v) is 6.64. The first kappa shape index (κ1) is 11.7. The summed E-state index contributed by atoms with van der Waals surface area (Å²) in [5.74, 6) is -0.0384. The van der Waals surface area contributed by atoms with Crippen LogP contribution >= 0.6 is 59.4 Å². The van der Waals surface area contributed by atoms with Crippen molar-refractivity contribution in [3.05, 3.63) is 33.3 Å². The molecule has 0 unspecified atom stereocenters. The molecule has 1 aromatic carbocycles. The second kappa shape index (κ2) is 4.91. The Morgan fingerprint density at radius 3 is 2.46 bits per heavy atom. The molecule has 0 bridgehead atoms. The molecule has 0 saturated heterocycles. The van der Waals surface area contributed by atoms with Gasteiger partial charge in [-0.1, -0.05) is 43.5 Å². The van der Waals surface area contributed by atoms with Gasteiger partial charge in [-0.05, 0) is 34.1 Å². The standard InChI is InChI=1S/C8H4Br3ClO/c9-6-3-4(12)1-2-5(6)7(13)8(10)11/h1-3,8H. The van der Waals surface area contributed by atoms with Gasteiger partial charge in [0.2, 0.25) is 0 Å². The van der Waals surface area contributed by atoms with Crippen LogP contribution in [0.3, 0.4) is 0 Å². The van der Waals surface area contributed by atoms with Gasteiger partial charge < -0.3 is 0 Å². The van der Waals surface area contributed by atoms with Gasteiger partial charge in [-0.2, -0.15) is 0 Å². The molecule has 0 amide bonds. The highest BCUT2D eigenvalue weighted by molar-refractivity contribution is 9.25. The fraction of sp³-hybridized carbons (Fsp3) is 0.125. The monoisotopic (exact) mass is 388 g/mol. The van der Waals surface area contributed by atoms with E-state index in [-0.39, 0.29) is 9.52 Å². The third kappa shape index (κ3) is 3.05. The summed E-state index contributed by atoms with van der Waals surface area (Å²) in [4.78, 5) is 11.5. The molecule has 0 aliphatic rings. The van der Waals surface area contributed by atoms with Gasteiger partial charge in [-0.15, -0.1) is 0 Å². The molecule has 0 fully saturated rings. The van der Waals surface area contributed by atoms with Crippen LogP contribution in [0.25, 0.3) is 0 Å². The second-order valence-electron chi connectivity index (χ2n) is 2.29. The van der Waals surface area contributed by atoms with Crippen molar-refractivity contribution in [3.8, 4) is 0 Å². The molecule has 1 aromatic rings. The summed E-state index contributed by atoms with van der Waals surface area (Å²) in [6.45, 7) is 0. The minimum atomic E-state index is -0.363. The molecule has 0 aromatic heterocycles. The van der Waals surface area contributed by atoms with E-state index >= 15 is 0 Å². The number of carbonyl (C=O) groups is 1. The molecule has 0 atom stereocenters. The van der Waals surface area contributed by atoms with Gasteiger partial charge in [0.1, 0.15) is 3.74 Å². The third-order valence-corrected chi connectivity index (χ3v) is 3.12. The number of hydrogen-bond acceptors (Lipinski definition) is 1. The third-order valence-electron chi connectivity index (χ3n) is 1.39. The van der Waals surface area contributed by atoms with Gasteiger partial charge >= 0.3 is 0 Å². The van der Waals surface area contributed by atoms with Crippen LogP contribution in [0, 0.1) is 0 Å². The molecule has 1 nitrogen and oxygen atoms in total. The summed E-state index contributed by atoms with van der Waals surface area (Å²) in [5.41, 5.74) is 0.600. The van der Waals surface area contributed by atoms with Crippen LogP contribution in [-0.2, 0) is 0 Å². The lowest BCUT2D eigenvalue weighted by Crippen LogP contribution is -2.07. The number of hydrogen-bond donors (Lipinski definition) is 0. The van der Waals surface area contributed by atoms with Crippen molar-refractivity contribution < 1.29 is 4.79 Å². The average Bonchev–Trinajstić information content (AvgIpc) is 2.03. The zero-order valence-corrected chi connectivity index (χ0v) is 11.7. The van der Waals surface area contributed by atoms with E-state index < -0.39 is 0 Å². The lowest BCUT2D eigenvalue weighted by atomic mass is 10.1. The smallest absolute Gasteiger partial charge is 0.188 e. The molecule has 5 heteroatoms. The molecular formula is C8H4Br3ClO. The van der Waals surface area contributed by atoms with E-state index in [1.807, 2.05) is 0 Å². The normalized spacial score (nSPS) is 10.5. The van der Waals surface area contributed by atoms with Crippen molar-refractivity contribution in [2.75, 3.05) is 0 Å². The Kier molecular flexibility index (Phi) is 4.42. The maximum absolute atomic E-state index is 11.5. The Morgan fingerprint density at radius 1 is 1.38 bits per heavy atom. The van der Waals surface area contributed by atoms with Crippen molar-refractivity contribution in [2.24, 2.45) is 0 Å². The zero-order valence-electron chi connectivity index (χ0n) is 6.23. The molecule has 0 radical (unpaired) electrons. The van der Waals surface area contributed by atoms with Gasteiger partial charge in [0, 0.05) is 15.1 Å². The number of halogens is 4. The molecule has 1 rings (SSSR count). The van der Waals surface area contributed by atoms with Crippen molar-refractivity contribution >= 4 is 65.2 Å². The molecule has 0 N–H and O–H groups in total. The lowest BCUT2D eigenvalue weighted by molar-refractivity contribution is 0.101. The molecule has 70 valence electrons. The Hall–Kier alpha value is 0.620. The predicted octanol–water partition coefficient (Wildman–Crippen LogP) is 4.40. The van der Waals surface area contributed by atoms with E-state index in [0.29, 0.717) is 15.1 Å². The molecule has 0 heterocycles. The number of ketones is 1. The minimum absolute atomic E-state index is 0.0384. The van der Waals surface area contributed by atoms with Crippen molar-refractivity contribution in [3.63, 3.8) is 0 Å². The number of rotatable bonds is 2. The van der Waals surface area contributed by atoms with Crippen molar-refractivity contribution in [1.82, 2.24) is 0 Å². The van der Waals surface area contributed by atoms with Gasteiger partial charge in [-0.25, -0.2) is 0 Å². The van der Waals surface area contributed by atoms with Gasteiger partial charge in [0.15, 0.2) is 5.78 Å². The molecule has 0 spiro atoms. The van der Waals surface area contributed by atoms with Crippen LogP contribution in [0.5, 0.6) is 0 Å². The van der Waals surface area contributed by atoms with E-state index in [0.717, 1.165) is 0 Å². The molecular weight excluding hydrogens is 387 g/mol. The summed E-state index contributed by atoms with van der Waals surface area (Å²) in [6.07, 6.45) is 0. The summed E-state index contributed by atoms with van der Waals surface area (Å²) >= 11 is 15.3. The Labute approximate surface area is 106 Å². The number of benzene rings is 1. The fourth-order valence-electron chi connectivity index (χ4n) is 0.807. The van der Waals surface area contributed by atoms with E-state index in [9.17, 15) is 4.79 Å². The van der Waals surface area contributed by atoms with Crippen LogP contribution in [0.1, 0.15) is 10.4 Å². The van der Waals surface area contributed by atoms with Crippen LogP contribution in [0.4, 0.5) is 0 Å². The van der Waals surface area contributed by atoms with Crippen molar-refractivity contribution in [2.45, 2.75) is 3.74 Å². The average molecular weight is 391 g/mol. The fourth-order valence-corrected chi connectivity index (χ4v) is 2.18. The SMILES string of the molecule is O=C(c1ccc(Cl)cc1Br)C(Br)Br. The first-order valence-electron chi connectivity index (χ1n) is 3.30. The maximum Gasteiger partial charge on any atom is 0.188 e. The van der Waals surface area contributed by atoms with Gasteiger partial charge in [-0.3, -0.25) is 4.79 Å². The lowest BCUT2D eigenvalue weighted by Gasteiger charge is -2.04. The van der Waals surface area contributed by atoms with Gasteiger partial charge in [0.05, 0.1) is 0 Å². The Bertz CT molecular complexity index is 338. The minimum Gasteiger partial charge on any atom is -0.292 e. The molecule has 0 saturated carbocycles.